The summed E-state index contributed by atoms with van der Waals surface area (Å²) < 4.78 is 25.6. The van der Waals surface area contributed by atoms with Crippen molar-refractivity contribution in [1.29, 1.82) is 0 Å². The Bertz CT molecular complexity index is 1090. The molecule has 4 nitrogen and oxygen atoms in total. The van der Waals surface area contributed by atoms with Crippen LogP contribution in [0.1, 0.15) is 15.9 Å². The lowest BCUT2D eigenvalue weighted by Crippen LogP contribution is -2.47. The van der Waals surface area contributed by atoms with Crippen molar-refractivity contribution in [2.45, 2.75) is 6.10 Å². The summed E-state index contributed by atoms with van der Waals surface area (Å²) in [5, 5.41) is 1.06. The summed E-state index contributed by atoms with van der Waals surface area (Å²) in [6, 6.07) is 17.2. The van der Waals surface area contributed by atoms with Crippen LogP contribution >= 0.6 is 0 Å². The van der Waals surface area contributed by atoms with Crippen LogP contribution in [0, 0.1) is 18.2 Å². The van der Waals surface area contributed by atoms with E-state index in [1.807, 2.05) is 18.2 Å². The highest BCUT2D eigenvalue weighted by molar-refractivity contribution is 6.07. The molecule has 5 heteroatoms. The third kappa shape index (κ3) is 4.08. The van der Waals surface area contributed by atoms with E-state index in [4.69, 9.17) is 15.9 Å². The zero-order valence-electron chi connectivity index (χ0n) is 15.8. The van der Waals surface area contributed by atoms with Gasteiger partial charge in [-0.25, -0.2) is 4.39 Å². The molecule has 1 fully saturated rings. The molecule has 29 heavy (non-hydrogen) atoms. The predicted octanol–water partition coefficient (Wildman–Crippen LogP) is 3.88. The quantitative estimate of drug-likeness (QED) is 0.636. The van der Waals surface area contributed by atoms with Crippen molar-refractivity contribution in [1.82, 2.24) is 4.90 Å². The SMILES string of the molecule is C#Cc1cccc(OCC2CN(C(=O)c3ccc(F)c4ccccc34)CCO2)c1. The van der Waals surface area contributed by atoms with Crippen molar-refractivity contribution in [3.63, 3.8) is 0 Å². The standard InChI is InChI=1S/C24H20FNO3/c1-2-17-6-5-7-18(14-17)29-16-19-15-26(12-13-28-19)24(27)22-10-11-23(25)21-9-4-3-8-20(21)22/h1,3-11,14,19H,12-13,15-16H2. The Kier molecular flexibility index (Phi) is 5.46. The molecule has 1 atom stereocenters. The molecule has 0 radical (unpaired) electrons. The van der Waals surface area contributed by atoms with Crippen LogP contribution in [0.5, 0.6) is 5.75 Å². The minimum absolute atomic E-state index is 0.135. The van der Waals surface area contributed by atoms with Gasteiger partial charge >= 0.3 is 0 Å². The first-order valence-electron chi connectivity index (χ1n) is 9.43. The van der Waals surface area contributed by atoms with E-state index in [0.717, 1.165) is 5.56 Å². The van der Waals surface area contributed by atoms with Gasteiger partial charge in [-0.1, -0.05) is 36.3 Å². The van der Waals surface area contributed by atoms with E-state index < -0.39 is 0 Å². The van der Waals surface area contributed by atoms with Crippen LogP contribution in [0.4, 0.5) is 4.39 Å². The van der Waals surface area contributed by atoms with Gasteiger partial charge in [0.15, 0.2) is 0 Å². The van der Waals surface area contributed by atoms with Crippen LogP contribution in [0.3, 0.4) is 0 Å². The summed E-state index contributed by atoms with van der Waals surface area (Å²) in [6.07, 6.45) is 5.16. The maximum absolute atomic E-state index is 14.1. The van der Waals surface area contributed by atoms with Crippen molar-refractivity contribution < 1.29 is 18.7 Å². The Morgan fingerprint density at radius 2 is 2.00 bits per heavy atom. The van der Waals surface area contributed by atoms with Crippen LogP contribution in [0.2, 0.25) is 0 Å². The van der Waals surface area contributed by atoms with E-state index >= 15 is 0 Å². The monoisotopic (exact) mass is 389 g/mol. The molecule has 3 aromatic rings. The van der Waals surface area contributed by atoms with E-state index in [1.54, 1.807) is 41.3 Å². The zero-order chi connectivity index (χ0) is 20.2. The molecular formula is C24H20FNO3. The first-order chi connectivity index (χ1) is 14.2. The summed E-state index contributed by atoms with van der Waals surface area (Å²) in [5.74, 6) is 2.77. The minimum Gasteiger partial charge on any atom is -0.491 e. The van der Waals surface area contributed by atoms with Gasteiger partial charge in [0.25, 0.3) is 5.91 Å². The number of terminal acetylenes is 1. The Morgan fingerprint density at radius 3 is 2.83 bits per heavy atom. The Hall–Kier alpha value is -3.36. The number of morpholine rings is 1. The summed E-state index contributed by atoms with van der Waals surface area (Å²) in [7, 11) is 0. The third-order valence-corrected chi connectivity index (χ3v) is 4.96. The number of carbonyl (C=O) groups is 1. The third-order valence-electron chi connectivity index (χ3n) is 4.96. The fraction of sp³-hybridized carbons (Fsp3) is 0.208. The van der Waals surface area contributed by atoms with Crippen molar-refractivity contribution >= 4 is 16.7 Å². The van der Waals surface area contributed by atoms with Gasteiger partial charge in [-0.05, 0) is 35.7 Å². The molecule has 1 unspecified atom stereocenters. The fourth-order valence-corrected chi connectivity index (χ4v) is 3.49. The predicted molar refractivity (Wildman–Crippen MR) is 109 cm³/mol. The average molecular weight is 389 g/mol. The number of rotatable bonds is 4. The van der Waals surface area contributed by atoms with Crippen LogP contribution in [0.15, 0.2) is 60.7 Å². The molecule has 3 aromatic carbocycles. The second-order valence-electron chi connectivity index (χ2n) is 6.87. The number of benzene rings is 3. The molecule has 146 valence electrons. The van der Waals surface area contributed by atoms with Crippen LogP contribution in [-0.4, -0.2) is 43.2 Å². The van der Waals surface area contributed by atoms with E-state index in [-0.39, 0.29) is 17.8 Å². The summed E-state index contributed by atoms with van der Waals surface area (Å²) in [6.45, 7) is 1.61. The minimum atomic E-state index is -0.334. The number of fused-ring (bicyclic) bond motifs is 1. The van der Waals surface area contributed by atoms with Crippen molar-refractivity contribution in [3.05, 3.63) is 77.6 Å². The van der Waals surface area contributed by atoms with Gasteiger partial charge in [-0.3, -0.25) is 4.79 Å². The van der Waals surface area contributed by atoms with Gasteiger partial charge in [-0.15, -0.1) is 6.42 Å². The van der Waals surface area contributed by atoms with Gasteiger partial charge in [0.05, 0.1) is 13.2 Å². The van der Waals surface area contributed by atoms with Crippen LogP contribution in [0.25, 0.3) is 10.8 Å². The number of halogens is 1. The topological polar surface area (TPSA) is 38.8 Å². The Balaban J connectivity index is 1.46. The fourth-order valence-electron chi connectivity index (χ4n) is 3.49. The largest absolute Gasteiger partial charge is 0.491 e. The molecule has 0 N–H and O–H groups in total. The second kappa shape index (κ2) is 8.34. The van der Waals surface area contributed by atoms with Gasteiger partial charge in [0.2, 0.25) is 0 Å². The normalized spacial score (nSPS) is 16.4. The molecule has 0 aliphatic carbocycles. The molecule has 0 saturated carbocycles. The molecule has 4 rings (SSSR count). The molecule has 1 aliphatic rings. The molecule has 1 heterocycles. The summed E-state index contributed by atoms with van der Waals surface area (Å²) in [4.78, 5) is 14.8. The van der Waals surface area contributed by atoms with Gasteiger partial charge in [0, 0.05) is 23.1 Å². The van der Waals surface area contributed by atoms with Crippen LogP contribution < -0.4 is 4.74 Å². The first-order valence-corrected chi connectivity index (χ1v) is 9.43. The molecular weight excluding hydrogens is 369 g/mol. The first kappa shape index (κ1) is 19.0. The number of hydrogen-bond acceptors (Lipinski definition) is 3. The second-order valence-corrected chi connectivity index (χ2v) is 6.87. The Labute approximate surface area is 168 Å². The summed E-state index contributed by atoms with van der Waals surface area (Å²) >= 11 is 0. The lowest BCUT2D eigenvalue weighted by atomic mass is 10.0. The van der Waals surface area contributed by atoms with E-state index in [0.29, 0.717) is 48.4 Å². The van der Waals surface area contributed by atoms with Crippen molar-refractivity contribution in [3.8, 4) is 18.1 Å². The highest BCUT2D eigenvalue weighted by Crippen LogP contribution is 2.24. The number of ether oxygens (including phenoxy) is 2. The lowest BCUT2D eigenvalue weighted by Gasteiger charge is -2.33. The molecule has 0 bridgehead atoms. The summed E-state index contributed by atoms with van der Waals surface area (Å²) in [5.41, 5.74) is 1.23. The average Bonchev–Trinajstić information content (AvgIpc) is 2.78. The van der Waals surface area contributed by atoms with Gasteiger partial charge in [0.1, 0.15) is 24.3 Å². The van der Waals surface area contributed by atoms with Crippen LogP contribution in [-0.2, 0) is 4.74 Å². The number of hydrogen-bond donors (Lipinski definition) is 0. The van der Waals surface area contributed by atoms with Gasteiger partial charge < -0.3 is 14.4 Å². The molecule has 0 aromatic heterocycles. The van der Waals surface area contributed by atoms with E-state index in [1.165, 1.54) is 6.07 Å². The maximum atomic E-state index is 14.1. The van der Waals surface area contributed by atoms with E-state index in [9.17, 15) is 9.18 Å². The molecule has 0 spiro atoms. The molecule has 1 saturated heterocycles. The maximum Gasteiger partial charge on any atom is 0.254 e. The smallest absolute Gasteiger partial charge is 0.254 e. The molecule has 1 aliphatic heterocycles. The highest BCUT2D eigenvalue weighted by atomic mass is 19.1. The van der Waals surface area contributed by atoms with Crippen molar-refractivity contribution in [2.75, 3.05) is 26.3 Å². The lowest BCUT2D eigenvalue weighted by molar-refractivity contribution is -0.0400. The Morgan fingerprint density at radius 1 is 1.17 bits per heavy atom. The highest BCUT2D eigenvalue weighted by Gasteiger charge is 2.26. The zero-order valence-corrected chi connectivity index (χ0v) is 15.8. The number of carbonyl (C=O) groups excluding carboxylic acids is 1. The van der Waals surface area contributed by atoms with E-state index in [2.05, 4.69) is 5.92 Å². The number of amides is 1. The number of nitrogens with zero attached hydrogens (tertiary/aromatic N) is 1. The van der Waals surface area contributed by atoms with Gasteiger partial charge in [-0.2, -0.15) is 0 Å². The van der Waals surface area contributed by atoms with Crippen molar-refractivity contribution in [2.24, 2.45) is 0 Å². The molecule has 1 amide bonds.